The summed E-state index contributed by atoms with van der Waals surface area (Å²) in [6, 6.07) is 5.09. The molecule has 0 unspecified atom stereocenters. The number of para-hydroxylation sites is 2. The maximum Gasteiger partial charge on any atom is 0.349 e. The number of aryl methyl sites for hydroxylation is 1. The van der Waals surface area contributed by atoms with Crippen LogP contribution in [0.15, 0.2) is 33.9 Å². The number of aromatic nitrogens is 4. The van der Waals surface area contributed by atoms with E-state index in [4.69, 9.17) is 37.1 Å². The third-order valence-electron chi connectivity index (χ3n) is 9.84. The average molecular weight is 732 g/mol. The van der Waals surface area contributed by atoms with Gasteiger partial charge in [0.2, 0.25) is 5.91 Å². The minimum atomic E-state index is -1.32. The third kappa shape index (κ3) is 9.56. The number of rotatable bonds is 17. The van der Waals surface area contributed by atoms with Crippen molar-refractivity contribution in [2.24, 2.45) is 22.9 Å². The lowest BCUT2D eigenvalue weighted by molar-refractivity contribution is -0.291. The van der Waals surface area contributed by atoms with Crippen molar-refractivity contribution in [3.8, 4) is 11.5 Å². The van der Waals surface area contributed by atoms with Crippen LogP contribution in [0.3, 0.4) is 0 Å². The molecule has 1 aromatic rings. The fourth-order valence-corrected chi connectivity index (χ4v) is 6.89. The van der Waals surface area contributed by atoms with Gasteiger partial charge < -0.3 is 62.3 Å². The quantitative estimate of drug-likeness (QED) is 0.0523. The number of hydrogen-bond donors (Lipinski definition) is 9. The Bertz CT molecular complexity index is 1690. The van der Waals surface area contributed by atoms with Crippen molar-refractivity contribution in [2.75, 3.05) is 19.7 Å². The van der Waals surface area contributed by atoms with E-state index >= 15 is 0 Å². The molecule has 10 atom stereocenters. The van der Waals surface area contributed by atoms with Gasteiger partial charge in [0.05, 0.1) is 23.2 Å². The van der Waals surface area contributed by atoms with E-state index < -0.39 is 72.3 Å². The van der Waals surface area contributed by atoms with Crippen LogP contribution in [-0.4, -0.2) is 121 Å². The highest BCUT2D eigenvalue weighted by Crippen LogP contribution is 2.29. The molecule has 0 bridgehead atoms. The summed E-state index contributed by atoms with van der Waals surface area (Å²) in [7, 11) is 0. The highest BCUT2D eigenvalue weighted by molar-refractivity contribution is 5.79. The van der Waals surface area contributed by atoms with Crippen molar-refractivity contribution in [1.82, 2.24) is 24.8 Å². The first-order valence-electron chi connectivity index (χ1n) is 18.1. The van der Waals surface area contributed by atoms with Gasteiger partial charge in [-0.2, -0.15) is 4.98 Å². The molecule has 1 aromatic carbocycles. The number of aliphatic hydroxyl groups is 3. The Morgan fingerprint density at radius 1 is 0.942 bits per heavy atom. The smallest absolute Gasteiger partial charge is 0.349 e. The Morgan fingerprint density at radius 2 is 1.69 bits per heavy atom. The summed E-state index contributed by atoms with van der Waals surface area (Å²) in [6.07, 6.45) is -1.34. The van der Waals surface area contributed by atoms with Crippen LogP contribution in [0.5, 0.6) is 0 Å². The topological polar surface area (TPSA) is 302 Å². The molecular formula is C34H53N9O9. The molecule has 4 aliphatic rings. The van der Waals surface area contributed by atoms with Crippen molar-refractivity contribution in [1.29, 1.82) is 0 Å². The van der Waals surface area contributed by atoms with E-state index in [0.29, 0.717) is 44.5 Å². The van der Waals surface area contributed by atoms with Gasteiger partial charge in [0.15, 0.2) is 17.8 Å². The Kier molecular flexibility index (Phi) is 14.2. The standard InChI is InChI=1S/C34H53N9O9/c35-17-22-27(46)28(47)24(38)33(51-22)52-29-19(37)16-18(36)26(45)30(29)50-15-9-2-1-7-13-39-23(44)12-4-3-8-14-43-21-11-6-5-10-20(21)40-25-31(43)41-34(49)42-32(25)48/h5-6,10-11,18-19,22,24,26-30,33,45-47H,1-4,7-9,12-17,35-38H2,(H,39,44)(H,42,48,49)/t18-,19+,22-,24-,26+,27-,28-,29-,30-,33-/m1/s1. The molecule has 18 heteroatoms. The lowest BCUT2D eigenvalue weighted by Gasteiger charge is -2.46. The fraction of sp³-hybridized carbons (Fsp3) is 0.676. The summed E-state index contributed by atoms with van der Waals surface area (Å²) in [4.78, 5) is 47.3. The lowest BCUT2D eigenvalue weighted by Crippen LogP contribution is -2.67. The Balaban J connectivity index is 0.977. The summed E-state index contributed by atoms with van der Waals surface area (Å²) in [6.45, 7) is 1.32. The largest absolute Gasteiger partial charge is 0.389 e. The number of nitrogens with zero attached hydrogens (tertiary/aromatic N) is 3. The van der Waals surface area contributed by atoms with Crippen molar-refractivity contribution in [3.63, 3.8) is 0 Å². The number of carbonyl (C=O) groups excluding carboxylic acids is 1. The molecule has 3 heterocycles. The SMILES string of the molecule is NC[C@H]1O[C@H](O[C@H]2[C@H](OCCCCCCNC(=O)CCCCCn3c4nc(=O)[nH]c(=O)c-4nc4ccccc43)[C@@H](O)[C@H](N)C[C@@H]2N)[C@H](N)[C@@H](O)[C@@H]1O. The van der Waals surface area contributed by atoms with Gasteiger partial charge in [-0.3, -0.25) is 14.6 Å². The summed E-state index contributed by atoms with van der Waals surface area (Å²) >= 11 is 0. The summed E-state index contributed by atoms with van der Waals surface area (Å²) in [5.74, 6) is 0.224. The Labute approximate surface area is 300 Å². The molecule has 1 aliphatic carbocycles. The molecule has 0 aromatic heterocycles. The average Bonchev–Trinajstić information content (AvgIpc) is 3.12. The molecule has 0 spiro atoms. The predicted octanol–water partition coefficient (Wildman–Crippen LogP) is -2.26. The van der Waals surface area contributed by atoms with Crippen LogP contribution < -0.4 is 39.5 Å². The van der Waals surface area contributed by atoms with Crippen LogP contribution in [0, 0.1) is 0 Å². The van der Waals surface area contributed by atoms with E-state index in [0.717, 1.165) is 37.6 Å². The van der Waals surface area contributed by atoms with E-state index in [1.165, 1.54) is 0 Å². The first-order chi connectivity index (χ1) is 25.0. The second-order valence-corrected chi connectivity index (χ2v) is 13.7. The maximum absolute atomic E-state index is 12.4. The molecular weight excluding hydrogens is 678 g/mol. The number of hydrogen-bond acceptors (Lipinski definition) is 15. The molecule has 13 N–H and O–H groups in total. The molecule has 3 aliphatic heterocycles. The van der Waals surface area contributed by atoms with Crippen LogP contribution in [0.25, 0.3) is 22.6 Å². The van der Waals surface area contributed by atoms with Crippen LogP contribution >= 0.6 is 0 Å². The van der Waals surface area contributed by atoms with E-state index in [2.05, 4.69) is 20.3 Å². The van der Waals surface area contributed by atoms with Gasteiger partial charge in [0.25, 0.3) is 5.56 Å². The molecule has 1 amide bonds. The highest BCUT2D eigenvalue weighted by Gasteiger charge is 2.48. The maximum atomic E-state index is 12.4. The third-order valence-corrected chi connectivity index (χ3v) is 9.84. The normalized spacial score (nSPS) is 29.4. The zero-order valence-electron chi connectivity index (χ0n) is 29.2. The van der Waals surface area contributed by atoms with Gasteiger partial charge in [0, 0.05) is 44.7 Å². The van der Waals surface area contributed by atoms with E-state index in [1.807, 2.05) is 22.8 Å². The molecule has 288 valence electrons. The van der Waals surface area contributed by atoms with Gasteiger partial charge in [-0.15, -0.1) is 0 Å². The van der Waals surface area contributed by atoms with Crippen molar-refractivity contribution in [2.45, 2.75) is 125 Å². The first kappa shape index (κ1) is 39.8. The second-order valence-electron chi connectivity index (χ2n) is 13.7. The number of benzene rings is 1. The number of fused-ring (bicyclic) bond motifs is 2. The molecule has 1 saturated carbocycles. The van der Waals surface area contributed by atoms with Crippen molar-refractivity contribution >= 4 is 16.9 Å². The highest BCUT2D eigenvalue weighted by atomic mass is 16.7. The van der Waals surface area contributed by atoms with Gasteiger partial charge in [-0.1, -0.05) is 31.4 Å². The van der Waals surface area contributed by atoms with Crippen molar-refractivity contribution in [3.05, 3.63) is 45.1 Å². The number of H-pyrrole nitrogens is 1. The van der Waals surface area contributed by atoms with Gasteiger partial charge in [-0.05, 0) is 44.2 Å². The van der Waals surface area contributed by atoms with Crippen LogP contribution in [0.4, 0.5) is 0 Å². The Morgan fingerprint density at radius 3 is 2.48 bits per heavy atom. The number of amides is 1. The number of nitrogens with one attached hydrogen (secondary N) is 2. The summed E-state index contributed by atoms with van der Waals surface area (Å²) in [5, 5.41) is 34.3. The number of aromatic amines is 1. The van der Waals surface area contributed by atoms with Crippen LogP contribution in [0.1, 0.15) is 57.8 Å². The minimum absolute atomic E-state index is 0.0218. The van der Waals surface area contributed by atoms with E-state index in [1.54, 1.807) is 6.07 Å². The van der Waals surface area contributed by atoms with Gasteiger partial charge in [-0.25, -0.2) is 9.78 Å². The van der Waals surface area contributed by atoms with E-state index in [-0.39, 0.29) is 30.4 Å². The molecule has 52 heavy (non-hydrogen) atoms. The van der Waals surface area contributed by atoms with Gasteiger partial charge in [0.1, 0.15) is 30.5 Å². The van der Waals surface area contributed by atoms with Crippen molar-refractivity contribution < 1.29 is 34.3 Å². The lowest BCUT2D eigenvalue weighted by atomic mass is 9.84. The first-order valence-corrected chi connectivity index (χ1v) is 18.1. The number of aliphatic hydroxyl groups excluding tert-OH is 3. The number of carbonyl (C=O) groups is 1. The molecule has 0 radical (unpaired) electrons. The minimum Gasteiger partial charge on any atom is -0.389 e. The number of nitrogens with two attached hydrogens (primary N) is 4. The fourth-order valence-electron chi connectivity index (χ4n) is 6.89. The summed E-state index contributed by atoms with van der Waals surface area (Å²) in [5.41, 5.74) is 24.4. The molecule has 5 rings (SSSR count). The Hall–Kier alpha value is -3.43. The van der Waals surface area contributed by atoms with E-state index in [9.17, 15) is 29.7 Å². The van der Waals surface area contributed by atoms with Crippen LogP contribution in [-0.2, 0) is 25.5 Å². The molecule has 2 fully saturated rings. The summed E-state index contributed by atoms with van der Waals surface area (Å²) < 4.78 is 19.7. The zero-order valence-corrected chi connectivity index (χ0v) is 29.2. The second kappa shape index (κ2) is 18.6. The monoisotopic (exact) mass is 731 g/mol. The number of ether oxygens (including phenoxy) is 3. The zero-order chi connectivity index (χ0) is 37.4. The van der Waals surface area contributed by atoms with Crippen LogP contribution in [0.2, 0.25) is 0 Å². The molecule has 1 saturated heterocycles. The number of unbranched alkanes of at least 4 members (excludes halogenated alkanes) is 5. The van der Waals surface area contributed by atoms with Gasteiger partial charge >= 0.3 is 5.69 Å². The molecule has 18 nitrogen and oxygen atoms in total. The predicted molar refractivity (Wildman–Crippen MR) is 190 cm³/mol.